The molecule has 0 atom stereocenters. The number of benzene rings is 2. The summed E-state index contributed by atoms with van der Waals surface area (Å²) in [6, 6.07) is 7.92. The van der Waals surface area contributed by atoms with Crippen LogP contribution in [0.4, 0.5) is 37.6 Å². The number of halogens is 2. The quantitative estimate of drug-likeness (QED) is 0.121. The van der Waals surface area contributed by atoms with Crippen molar-refractivity contribution in [2.45, 2.75) is 6.92 Å². The minimum absolute atomic E-state index is 0.0356. The van der Waals surface area contributed by atoms with Gasteiger partial charge in [-0.15, -0.1) is 0 Å². The minimum Gasteiger partial charge on any atom is -0.494 e. The summed E-state index contributed by atoms with van der Waals surface area (Å²) in [4.78, 5) is 43.7. The first-order valence-electron chi connectivity index (χ1n) is 15.2. The Morgan fingerprint density at radius 2 is 1.73 bits per heavy atom. The lowest BCUT2D eigenvalue weighted by atomic mass is 10.0. The number of aromatic nitrogens is 3. The molecular formula is C33H36F2N8O5. The molecule has 13 nitrogen and oxygen atoms in total. The Hall–Kier alpha value is -5.41. The number of methoxy groups -OCH3 is 2. The maximum Gasteiger partial charge on any atom is 0.247 e. The van der Waals surface area contributed by atoms with Crippen LogP contribution < -0.4 is 30.3 Å². The van der Waals surface area contributed by atoms with E-state index in [4.69, 9.17) is 9.47 Å². The number of fused-ring (bicyclic) bond motifs is 1. The van der Waals surface area contributed by atoms with Gasteiger partial charge in [-0.2, -0.15) is 0 Å². The van der Waals surface area contributed by atoms with Crippen LogP contribution in [0.2, 0.25) is 0 Å². The van der Waals surface area contributed by atoms with Gasteiger partial charge in [-0.25, -0.2) is 23.7 Å². The van der Waals surface area contributed by atoms with Crippen LogP contribution in [0.15, 0.2) is 49.2 Å². The fourth-order valence-corrected chi connectivity index (χ4v) is 5.29. The molecule has 1 aliphatic rings. The highest BCUT2D eigenvalue weighted by Gasteiger charge is 2.28. The van der Waals surface area contributed by atoms with Gasteiger partial charge in [-0.1, -0.05) is 13.5 Å². The number of hydrogen-bond donors (Lipinski definition) is 4. The normalized spacial score (nSPS) is 13.2. The van der Waals surface area contributed by atoms with E-state index in [1.54, 1.807) is 0 Å². The summed E-state index contributed by atoms with van der Waals surface area (Å²) in [5, 5.41) is 18.7. The number of ketones is 1. The second-order valence-electron chi connectivity index (χ2n) is 10.7. The molecule has 2 aromatic heterocycles. The summed E-state index contributed by atoms with van der Waals surface area (Å²) in [7, 11) is 2.36. The van der Waals surface area contributed by atoms with E-state index in [2.05, 4.69) is 54.2 Å². The predicted octanol–water partition coefficient (Wildman–Crippen LogP) is 3.97. The number of hydrogen-bond acceptors (Lipinski definition) is 12. The smallest absolute Gasteiger partial charge is 0.247 e. The number of carbonyl (C=O) groups excluding carboxylic acids is 2. The Balaban J connectivity index is 1.51. The lowest BCUT2D eigenvalue weighted by Gasteiger charge is -2.35. The Kier molecular flexibility index (Phi) is 10.6. The Labute approximate surface area is 275 Å². The third kappa shape index (κ3) is 7.11. The molecule has 0 unspecified atom stereocenters. The van der Waals surface area contributed by atoms with Crippen molar-refractivity contribution in [2.75, 3.05) is 80.9 Å². The van der Waals surface area contributed by atoms with E-state index < -0.39 is 28.9 Å². The summed E-state index contributed by atoms with van der Waals surface area (Å²) >= 11 is 0. The number of piperazine rings is 1. The van der Waals surface area contributed by atoms with Crippen LogP contribution in [0.3, 0.4) is 0 Å². The maximum absolute atomic E-state index is 15.2. The summed E-state index contributed by atoms with van der Waals surface area (Å²) < 4.78 is 40.3. The van der Waals surface area contributed by atoms with Gasteiger partial charge in [-0.05, 0) is 36.9 Å². The molecule has 48 heavy (non-hydrogen) atoms. The zero-order valence-electron chi connectivity index (χ0n) is 26.8. The number of nitrogens with zero attached hydrogens (tertiary/aromatic N) is 5. The number of amides is 1. The number of carbonyl (C=O) groups is 2. The molecule has 1 saturated heterocycles. The molecule has 0 bridgehead atoms. The SMILES string of the molecule is C=CC(=O)Nc1cc(N2CCN(CC)CC2)ccc1Nc1ncc2cc(C(=O)c3c(F)c(OC)cc(OC)c3F)nc(NCCO)c2n1. The van der Waals surface area contributed by atoms with Gasteiger partial charge in [0.15, 0.2) is 29.0 Å². The number of aliphatic hydroxyl groups is 1. The molecule has 5 rings (SSSR count). The molecular weight excluding hydrogens is 626 g/mol. The minimum atomic E-state index is -1.21. The zero-order valence-corrected chi connectivity index (χ0v) is 26.8. The molecule has 0 aliphatic carbocycles. The number of likely N-dealkylation sites (N-methyl/N-ethyl adjacent to an activating group) is 1. The number of aliphatic hydroxyl groups excluding tert-OH is 1. The Morgan fingerprint density at radius 3 is 2.35 bits per heavy atom. The highest BCUT2D eigenvalue weighted by molar-refractivity contribution is 6.11. The molecule has 1 aliphatic heterocycles. The fraction of sp³-hybridized carbons (Fsp3) is 0.303. The summed E-state index contributed by atoms with van der Waals surface area (Å²) in [5.74, 6) is -4.47. The van der Waals surface area contributed by atoms with E-state index in [9.17, 15) is 14.7 Å². The zero-order chi connectivity index (χ0) is 34.4. The lowest BCUT2D eigenvalue weighted by molar-refractivity contribution is -0.111. The molecule has 15 heteroatoms. The number of pyridine rings is 1. The Morgan fingerprint density at radius 1 is 1.02 bits per heavy atom. The van der Waals surface area contributed by atoms with E-state index >= 15 is 8.78 Å². The van der Waals surface area contributed by atoms with Crippen molar-refractivity contribution in [1.82, 2.24) is 19.9 Å². The van der Waals surface area contributed by atoms with Crippen molar-refractivity contribution >= 4 is 51.4 Å². The lowest BCUT2D eigenvalue weighted by Crippen LogP contribution is -2.46. The van der Waals surface area contributed by atoms with E-state index in [-0.39, 0.29) is 47.6 Å². The molecule has 4 N–H and O–H groups in total. The van der Waals surface area contributed by atoms with Crippen LogP contribution in [-0.4, -0.2) is 96.7 Å². The topological polar surface area (TPSA) is 154 Å². The Bertz CT molecular complexity index is 1820. The number of nitrogens with one attached hydrogen (secondary N) is 3. The van der Waals surface area contributed by atoms with Gasteiger partial charge in [0.25, 0.3) is 0 Å². The van der Waals surface area contributed by atoms with Crippen LogP contribution in [0, 0.1) is 11.6 Å². The maximum atomic E-state index is 15.2. The van der Waals surface area contributed by atoms with Crippen LogP contribution >= 0.6 is 0 Å². The van der Waals surface area contributed by atoms with Gasteiger partial charge in [0, 0.05) is 56.1 Å². The van der Waals surface area contributed by atoms with Gasteiger partial charge in [0.2, 0.25) is 17.6 Å². The van der Waals surface area contributed by atoms with Crippen LogP contribution in [0.1, 0.15) is 23.0 Å². The molecule has 1 fully saturated rings. The van der Waals surface area contributed by atoms with Crippen molar-refractivity contribution in [2.24, 2.45) is 0 Å². The molecule has 252 valence electrons. The third-order valence-electron chi connectivity index (χ3n) is 7.88. The molecule has 4 aromatic rings. The largest absolute Gasteiger partial charge is 0.494 e. The first kappa shape index (κ1) is 33.9. The highest BCUT2D eigenvalue weighted by Crippen LogP contribution is 2.34. The second-order valence-corrected chi connectivity index (χ2v) is 10.7. The molecule has 2 aromatic carbocycles. The van der Waals surface area contributed by atoms with Gasteiger partial charge < -0.3 is 40.3 Å². The predicted molar refractivity (Wildman–Crippen MR) is 179 cm³/mol. The van der Waals surface area contributed by atoms with Gasteiger partial charge in [0.05, 0.1) is 32.2 Å². The standard InChI is InChI=1S/C33H36F2N8O5/c1-5-26(45)38-22-16-20(43-12-10-42(6-2)11-13-43)7-8-21(22)40-33-37-18-19-15-23(39-32(30(19)41-33)36-9-14-44)31(46)27-28(34)24(47-3)17-25(48-4)29(27)35/h5,7-8,15-18,44H,1,6,9-14H2,2-4H3,(H,36,39)(H,38,45)(H,37,40,41). The molecule has 0 saturated carbocycles. The van der Waals surface area contributed by atoms with Gasteiger partial charge in [0.1, 0.15) is 16.8 Å². The van der Waals surface area contributed by atoms with Crippen molar-refractivity contribution < 1.29 is 33.0 Å². The molecule has 0 spiro atoms. The third-order valence-corrected chi connectivity index (χ3v) is 7.88. The molecule has 3 heterocycles. The monoisotopic (exact) mass is 662 g/mol. The van der Waals surface area contributed by atoms with Gasteiger partial charge >= 0.3 is 0 Å². The van der Waals surface area contributed by atoms with Crippen LogP contribution in [0.25, 0.3) is 10.9 Å². The van der Waals surface area contributed by atoms with Crippen molar-refractivity contribution in [3.05, 3.63) is 72.1 Å². The molecule has 0 radical (unpaired) electrons. The summed E-state index contributed by atoms with van der Waals surface area (Å²) in [5.41, 5.74) is 0.954. The van der Waals surface area contributed by atoms with E-state index in [0.29, 0.717) is 16.8 Å². The average Bonchev–Trinajstić information content (AvgIpc) is 3.11. The number of ether oxygens (including phenoxy) is 2. The number of rotatable bonds is 13. The van der Waals surface area contributed by atoms with E-state index in [0.717, 1.165) is 44.5 Å². The van der Waals surface area contributed by atoms with Crippen molar-refractivity contribution in [3.8, 4) is 11.5 Å². The van der Waals surface area contributed by atoms with E-state index in [1.165, 1.54) is 32.6 Å². The first-order chi connectivity index (χ1) is 23.2. The fourth-order valence-electron chi connectivity index (χ4n) is 5.29. The van der Waals surface area contributed by atoms with Gasteiger partial charge in [-0.3, -0.25) is 9.59 Å². The summed E-state index contributed by atoms with van der Waals surface area (Å²) in [6.07, 6.45) is 2.59. The first-order valence-corrected chi connectivity index (χ1v) is 15.2. The summed E-state index contributed by atoms with van der Waals surface area (Å²) in [6.45, 7) is 9.98. The molecule has 1 amide bonds. The average molecular weight is 663 g/mol. The highest BCUT2D eigenvalue weighted by atomic mass is 19.1. The number of anilines is 5. The van der Waals surface area contributed by atoms with Crippen LogP contribution in [0.5, 0.6) is 11.5 Å². The van der Waals surface area contributed by atoms with Crippen molar-refractivity contribution in [3.63, 3.8) is 0 Å². The van der Waals surface area contributed by atoms with Crippen molar-refractivity contribution in [1.29, 1.82) is 0 Å². The second kappa shape index (κ2) is 15.0. The van der Waals surface area contributed by atoms with Crippen LogP contribution in [-0.2, 0) is 4.79 Å². The van der Waals surface area contributed by atoms with E-state index in [1.807, 2.05) is 18.2 Å².